The summed E-state index contributed by atoms with van der Waals surface area (Å²) >= 11 is 0. The number of fused-ring (bicyclic) bond motifs is 1. The van der Waals surface area contributed by atoms with Crippen molar-refractivity contribution in [3.05, 3.63) is 23.6 Å². The molecule has 0 aliphatic carbocycles. The lowest BCUT2D eigenvalue weighted by molar-refractivity contribution is 0.0571. The van der Waals surface area contributed by atoms with Gasteiger partial charge in [-0.3, -0.25) is 9.69 Å². The molecule has 1 aromatic rings. The number of halogens is 1. The Morgan fingerprint density at radius 3 is 3.14 bits per heavy atom. The van der Waals surface area contributed by atoms with Crippen molar-refractivity contribution in [2.45, 2.75) is 25.8 Å². The first kappa shape index (κ1) is 14.3. The second-order valence-electron chi connectivity index (χ2n) is 5.66. The molecule has 2 fully saturated rings. The van der Waals surface area contributed by atoms with Crippen LogP contribution in [-0.2, 0) is 0 Å². The van der Waals surface area contributed by atoms with Crippen LogP contribution >= 0.6 is 0 Å². The third-order valence-corrected chi connectivity index (χ3v) is 4.30. The molecule has 2 aliphatic rings. The number of amides is 1. The zero-order valence-corrected chi connectivity index (χ0v) is 12.3. The molecule has 114 valence electrons. The summed E-state index contributed by atoms with van der Waals surface area (Å²) in [7, 11) is 0. The SMILES string of the molecule is CCNc1ncc(F)cc1C(=O)N1CCN2CCCC2C1. The first-order valence-electron chi connectivity index (χ1n) is 7.61. The Labute approximate surface area is 124 Å². The van der Waals surface area contributed by atoms with Gasteiger partial charge in [-0.25, -0.2) is 9.37 Å². The maximum Gasteiger partial charge on any atom is 0.257 e. The number of carbonyl (C=O) groups is 1. The zero-order chi connectivity index (χ0) is 14.8. The van der Waals surface area contributed by atoms with Crippen LogP contribution in [0.5, 0.6) is 0 Å². The lowest BCUT2D eigenvalue weighted by Crippen LogP contribution is -2.52. The predicted octanol–water partition coefficient (Wildman–Crippen LogP) is 1.57. The van der Waals surface area contributed by atoms with Crippen molar-refractivity contribution in [3.63, 3.8) is 0 Å². The smallest absolute Gasteiger partial charge is 0.257 e. The monoisotopic (exact) mass is 292 g/mol. The molecule has 3 heterocycles. The minimum Gasteiger partial charge on any atom is -0.370 e. The first-order chi connectivity index (χ1) is 10.2. The summed E-state index contributed by atoms with van der Waals surface area (Å²) in [5.41, 5.74) is 0.336. The molecule has 1 N–H and O–H groups in total. The lowest BCUT2D eigenvalue weighted by Gasteiger charge is -2.37. The number of carbonyl (C=O) groups excluding carboxylic acids is 1. The fourth-order valence-electron chi connectivity index (χ4n) is 3.26. The molecule has 3 rings (SSSR count). The average Bonchev–Trinajstić information content (AvgIpc) is 2.96. The molecule has 1 unspecified atom stereocenters. The van der Waals surface area contributed by atoms with Crippen molar-refractivity contribution >= 4 is 11.7 Å². The summed E-state index contributed by atoms with van der Waals surface area (Å²) < 4.78 is 13.5. The fraction of sp³-hybridized carbons (Fsp3) is 0.600. The Morgan fingerprint density at radius 2 is 2.33 bits per heavy atom. The molecule has 1 aromatic heterocycles. The summed E-state index contributed by atoms with van der Waals surface area (Å²) in [6, 6.07) is 1.75. The van der Waals surface area contributed by atoms with Crippen LogP contribution in [0.3, 0.4) is 0 Å². The summed E-state index contributed by atoms with van der Waals surface area (Å²) in [4.78, 5) is 21.0. The number of aromatic nitrogens is 1. The third-order valence-electron chi connectivity index (χ3n) is 4.30. The molecular weight excluding hydrogens is 271 g/mol. The molecule has 2 aliphatic heterocycles. The molecule has 5 nitrogen and oxygen atoms in total. The van der Waals surface area contributed by atoms with Crippen molar-refractivity contribution < 1.29 is 9.18 Å². The Bertz CT molecular complexity index is 536. The van der Waals surface area contributed by atoms with Crippen LogP contribution in [0, 0.1) is 5.82 Å². The molecule has 0 spiro atoms. The van der Waals surface area contributed by atoms with E-state index in [4.69, 9.17) is 0 Å². The van der Waals surface area contributed by atoms with Gasteiger partial charge < -0.3 is 10.2 Å². The van der Waals surface area contributed by atoms with Gasteiger partial charge in [0.05, 0.1) is 11.8 Å². The summed E-state index contributed by atoms with van der Waals surface area (Å²) in [5.74, 6) is -0.123. The van der Waals surface area contributed by atoms with Gasteiger partial charge in [-0.05, 0) is 32.4 Å². The maximum absolute atomic E-state index is 13.5. The molecule has 0 saturated carbocycles. The number of hydrogen-bond donors (Lipinski definition) is 1. The van der Waals surface area contributed by atoms with E-state index >= 15 is 0 Å². The second kappa shape index (κ2) is 5.97. The number of piperazine rings is 1. The number of hydrogen-bond acceptors (Lipinski definition) is 4. The number of rotatable bonds is 3. The van der Waals surface area contributed by atoms with Crippen LogP contribution in [0.15, 0.2) is 12.3 Å². The molecule has 0 radical (unpaired) electrons. The van der Waals surface area contributed by atoms with Crippen molar-refractivity contribution in [3.8, 4) is 0 Å². The highest BCUT2D eigenvalue weighted by Gasteiger charge is 2.33. The van der Waals surface area contributed by atoms with Gasteiger partial charge in [0.1, 0.15) is 11.6 Å². The van der Waals surface area contributed by atoms with Crippen molar-refractivity contribution in [2.75, 3.05) is 38.0 Å². The normalized spacial score (nSPS) is 22.2. The van der Waals surface area contributed by atoms with Crippen LogP contribution in [-0.4, -0.2) is 59.5 Å². The standard InChI is InChI=1S/C15H21FN4O/c1-2-17-14-13(8-11(16)9-18-14)15(21)20-7-6-19-5-3-4-12(19)10-20/h8-9,12H,2-7,10H2,1H3,(H,17,18). The highest BCUT2D eigenvalue weighted by atomic mass is 19.1. The van der Waals surface area contributed by atoms with E-state index in [-0.39, 0.29) is 5.91 Å². The van der Waals surface area contributed by atoms with E-state index in [2.05, 4.69) is 15.2 Å². The number of nitrogens with zero attached hydrogens (tertiary/aromatic N) is 3. The van der Waals surface area contributed by atoms with Gasteiger partial charge in [0.15, 0.2) is 0 Å². The summed E-state index contributed by atoms with van der Waals surface area (Å²) in [5, 5.41) is 3.03. The third kappa shape index (κ3) is 2.85. The number of nitrogens with one attached hydrogen (secondary N) is 1. The van der Waals surface area contributed by atoms with Crippen LogP contribution in [0.4, 0.5) is 10.2 Å². The lowest BCUT2D eigenvalue weighted by atomic mass is 10.1. The Hall–Kier alpha value is -1.69. The largest absolute Gasteiger partial charge is 0.370 e. The molecule has 1 amide bonds. The van der Waals surface area contributed by atoms with Crippen LogP contribution < -0.4 is 5.32 Å². The van der Waals surface area contributed by atoms with Crippen molar-refractivity contribution in [1.29, 1.82) is 0 Å². The van der Waals surface area contributed by atoms with E-state index in [0.29, 0.717) is 30.5 Å². The molecule has 0 aromatic carbocycles. The molecule has 6 heteroatoms. The molecule has 2 saturated heterocycles. The topological polar surface area (TPSA) is 48.5 Å². The van der Waals surface area contributed by atoms with E-state index in [9.17, 15) is 9.18 Å². The Kier molecular flexibility index (Phi) is 4.05. The minimum atomic E-state index is -0.473. The van der Waals surface area contributed by atoms with Gasteiger partial charge in [-0.1, -0.05) is 0 Å². The van der Waals surface area contributed by atoms with Crippen LogP contribution in [0.2, 0.25) is 0 Å². The van der Waals surface area contributed by atoms with E-state index in [1.165, 1.54) is 12.5 Å². The average molecular weight is 292 g/mol. The minimum absolute atomic E-state index is 0.121. The van der Waals surface area contributed by atoms with Crippen LogP contribution in [0.25, 0.3) is 0 Å². The van der Waals surface area contributed by atoms with Gasteiger partial charge in [-0.15, -0.1) is 0 Å². The van der Waals surface area contributed by atoms with E-state index in [1.54, 1.807) is 0 Å². The van der Waals surface area contributed by atoms with Gasteiger partial charge in [0, 0.05) is 32.2 Å². The van der Waals surface area contributed by atoms with Gasteiger partial charge in [-0.2, -0.15) is 0 Å². The van der Waals surface area contributed by atoms with E-state index in [1.807, 2.05) is 11.8 Å². The Balaban J connectivity index is 1.79. The van der Waals surface area contributed by atoms with Gasteiger partial charge >= 0.3 is 0 Å². The summed E-state index contributed by atoms with van der Waals surface area (Å²) in [6.07, 6.45) is 3.49. The predicted molar refractivity (Wildman–Crippen MR) is 78.9 cm³/mol. The highest BCUT2D eigenvalue weighted by Crippen LogP contribution is 2.24. The Morgan fingerprint density at radius 1 is 1.48 bits per heavy atom. The van der Waals surface area contributed by atoms with Gasteiger partial charge in [0.2, 0.25) is 0 Å². The second-order valence-corrected chi connectivity index (χ2v) is 5.66. The summed E-state index contributed by atoms with van der Waals surface area (Å²) in [6.45, 7) is 6.07. The number of pyridine rings is 1. The first-order valence-corrected chi connectivity index (χ1v) is 7.61. The van der Waals surface area contributed by atoms with Crippen LogP contribution in [0.1, 0.15) is 30.1 Å². The van der Waals surface area contributed by atoms with E-state index < -0.39 is 5.82 Å². The van der Waals surface area contributed by atoms with Gasteiger partial charge in [0.25, 0.3) is 5.91 Å². The molecule has 1 atom stereocenters. The van der Waals surface area contributed by atoms with E-state index in [0.717, 1.165) is 32.3 Å². The number of anilines is 1. The van der Waals surface area contributed by atoms with Crippen molar-refractivity contribution in [1.82, 2.24) is 14.8 Å². The fourth-order valence-corrected chi connectivity index (χ4v) is 3.26. The quantitative estimate of drug-likeness (QED) is 0.919. The molecular formula is C15H21FN4O. The zero-order valence-electron chi connectivity index (χ0n) is 12.3. The highest BCUT2D eigenvalue weighted by molar-refractivity contribution is 5.98. The molecule has 0 bridgehead atoms. The molecule has 21 heavy (non-hydrogen) atoms. The maximum atomic E-state index is 13.5. The van der Waals surface area contributed by atoms with Crippen molar-refractivity contribution in [2.24, 2.45) is 0 Å².